The molecule has 23 heavy (non-hydrogen) atoms. The lowest BCUT2D eigenvalue weighted by atomic mass is 10.2. The van der Waals surface area contributed by atoms with Crippen molar-refractivity contribution in [2.24, 2.45) is 0 Å². The Balaban J connectivity index is 2.48. The highest BCUT2D eigenvalue weighted by molar-refractivity contribution is 6.02. The summed E-state index contributed by atoms with van der Waals surface area (Å²) in [5.41, 5.74) is 0.974. The summed E-state index contributed by atoms with van der Waals surface area (Å²) in [6.07, 6.45) is 2.59. The molecule has 0 bridgehead atoms. The zero-order valence-electron chi connectivity index (χ0n) is 14.2. The number of nitrogens with zero attached hydrogens (tertiary/aromatic N) is 3. The summed E-state index contributed by atoms with van der Waals surface area (Å²) in [6.45, 7) is 9.01. The highest BCUT2D eigenvalue weighted by atomic mass is 16.2. The average molecular weight is 316 g/mol. The van der Waals surface area contributed by atoms with Gasteiger partial charge in [0, 0.05) is 25.3 Å². The van der Waals surface area contributed by atoms with Crippen LogP contribution in [-0.2, 0) is 0 Å². The van der Waals surface area contributed by atoms with Crippen molar-refractivity contribution in [2.45, 2.75) is 40.2 Å². The van der Waals surface area contributed by atoms with E-state index in [-0.39, 0.29) is 23.7 Å². The number of aromatic nitrogens is 2. The molecule has 2 heterocycles. The fraction of sp³-hybridized carbons (Fsp3) is 0.471. The molecule has 1 N–H and O–H groups in total. The van der Waals surface area contributed by atoms with Crippen LogP contribution in [0.1, 0.15) is 55.2 Å². The molecule has 0 aliphatic heterocycles. The fourth-order valence-corrected chi connectivity index (χ4v) is 2.41. The van der Waals surface area contributed by atoms with Crippen molar-refractivity contribution < 1.29 is 9.59 Å². The Bertz CT molecular complexity index is 704. The number of nitrogens with one attached hydrogen (secondary N) is 1. The first-order valence-corrected chi connectivity index (χ1v) is 8.10. The molecule has 6 heteroatoms. The van der Waals surface area contributed by atoms with Gasteiger partial charge in [0.05, 0.1) is 5.52 Å². The minimum absolute atomic E-state index is 0.0560. The summed E-state index contributed by atoms with van der Waals surface area (Å²) in [5, 5.41) is 2.90. The van der Waals surface area contributed by atoms with E-state index < -0.39 is 0 Å². The van der Waals surface area contributed by atoms with Crippen LogP contribution in [0, 0.1) is 0 Å². The molecule has 0 saturated heterocycles. The molecule has 2 amide bonds. The number of pyridine rings is 1. The van der Waals surface area contributed by atoms with Crippen LogP contribution < -0.4 is 5.32 Å². The van der Waals surface area contributed by atoms with Crippen molar-refractivity contribution in [3.8, 4) is 0 Å². The van der Waals surface area contributed by atoms with E-state index in [2.05, 4.69) is 10.3 Å². The third-order valence-corrected chi connectivity index (χ3v) is 3.99. The number of hydrogen-bond acceptors (Lipinski definition) is 3. The van der Waals surface area contributed by atoms with E-state index >= 15 is 0 Å². The molecule has 1 unspecified atom stereocenters. The largest absolute Gasteiger partial charge is 0.347 e. The summed E-state index contributed by atoms with van der Waals surface area (Å²) in [6, 6.07) is 5.52. The van der Waals surface area contributed by atoms with E-state index in [9.17, 15) is 9.59 Å². The van der Waals surface area contributed by atoms with Gasteiger partial charge in [-0.3, -0.25) is 14.0 Å². The predicted molar refractivity (Wildman–Crippen MR) is 89.7 cm³/mol. The highest BCUT2D eigenvalue weighted by Crippen LogP contribution is 2.15. The van der Waals surface area contributed by atoms with Crippen molar-refractivity contribution in [2.75, 3.05) is 13.1 Å². The second-order valence-electron chi connectivity index (χ2n) is 5.50. The SMILES string of the molecule is CCC(C)NC(=O)c1nc(C(=O)N(CC)CC)c2ccccn12. The van der Waals surface area contributed by atoms with Crippen LogP contribution in [0.25, 0.3) is 5.52 Å². The van der Waals surface area contributed by atoms with Gasteiger partial charge in [0.1, 0.15) is 0 Å². The summed E-state index contributed by atoms with van der Waals surface area (Å²) >= 11 is 0. The number of imidazole rings is 1. The molecule has 2 rings (SSSR count). The highest BCUT2D eigenvalue weighted by Gasteiger charge is 2.24. The van der Waals surface area contributed by atoms with Gasteiger partial charge in [-0.1, -0.05) is 13.0 Å². The maximum absolute atomic E-state index is 12.7. The summed E-state index contributed by atoms with van der Waals surface area (Å²) in [7, 11) is 0. The van der Waals surface area contributed by atoms with Crippen LogP contribution in [0.3, 0.4) is 0 Å². The zero-order chi connectivity index (χ0) is 17.0. The van der Waals surface area contributed by atoms with E-state index in [1.54, 1.807) is 15.5 Å². The second-order valence-corrected chi connectivity index (χ2v) is 5.50. The molecule has 0 fully saturated rings. The normalized spacial score (nSPS) is 12.2. The quantitative estimate of drug-likeness (QED) is 0.889. The van der Waals surface area contributed by atoms with Crippen LogP contribution in [0.2, 0.25) is 0 Å². The van der Waals surface area contributed by atoms with Crippen molar-refractivity contribution in [1.82, 2.24) is 19.6 Å². The van der Waals surface area contributed by atoms with Gasteiger partial charge in [-0.15, -0.1) is 0 Å². The van der Waals surface area contributed by atoms with E-state index in [4.69, 9.17) is 0 Å². The summed E-state index contributed by atoms with van der Waals surface area (Å²) in [4.78, 5) is 31.2. The molecular weight excluding hydrogens is 292 g/mol. The Hall–Kier alpha value is -2.37. The maximum atomic E-state index is 12.7. The smallest absolute Gasteiger partial charge is 0.287 e. The number of rotatable bonds is 6. The standard InChI is InChI=1S/C17H24N4O2/c1-5-12(4)18-16(22)15-19-14(17(23)20(6-2)7-3)13-10-8-9-11-21(13)15/h8-12H,5-7H2,1-4H3,(H,18,22). The van der Waals surface area contributed by atoms with Gasteiger partial charge < -0.3 is 10.2 Å². The first-order chi connectivity index (χ1) is 11.0. The van der Waals surface area contributed by atoms with Crippen molar-refractivity contribution in [3.63, 3.8) is 0 Å². The lowest BCUT2D eigenvalue weighted by Crippen LogP contribution is -2.33. The number of carbonyl (C=O) groups excluding carboxylic acids is 2. The van der Waals surface area contributed by atoms with Crippen LogP contribution in [0.15, 0.2) is 24.4 Å². The number of carbonyl (C=O) groups is 2. The van der Waals surface area contributed by atoms with Gasteiger partial charge in [-0.2, -0.15) is 0 Å². The van der Waals surface area contributed by atoms with Gasteiger partial charge in [-0.05, 0) is 39.3 Å². The van der Waals surface area contributed by atoms with Crippen molar-refractivity contribution in [1.29, 1.82) is 0 Å². The van der Waals surface area contributed by atoms with Gasteiger partial charge >= 0.3 is 0 Å². The second kappa shape index (κ2) is 7.26. The summed E-state index contributed by atoms with van der Waals surface area (Å²) in [5.74, 6) is -0.170. The molecule has 6 nitrogen and oxygen atoms in total. The van der Waals surface area contributed by atoms with E-state index in [0.29, 0.717) is 24.3 Å². The first kappa shape index (κ1) is 17.0. The molecule has 0 aliphatic carbocycles. The first-order valence-electron chi connectivity index (χ1n) is 8.10. The minimum Gasteiger partial charge on any atom is -0.347 e. The number of fused-ring (bicyclic) bond motifs is 1. The van der Waals surface area contributed by atoms with Crippen LogP contribution >= 0.6 is 0 Å². The average Bonchev–Trinajstić information content (AvgIpc) is 2.95. The van der Waals surface area contributed by atoms with E-state index in [1.807, 2.05) is 45.9 Å². The number of amides is 2. The van der Waals surface area contributed by atoms with Gasteiger partial charge in [-0.25, -0.2) is 4.98 Å². The Morgan fingerprint density at radius 3 is 2.57 bits per heavy atom. The maximum Gasteiger partial charge on any atom is 0.287 e. The Labute approximate surface area is 136 Å². The molecule has 0 saturated carbocycles. The Kier molecular flexibility index (Phi) is 5.36. The topological polar surface area (TPSA) is 66.7 Å². The van der Waals surface area contributed by atoms with Crippen LogP contribution in [0.4, 0.5) is 0 Å². The molecule has 2 aromatic rings. The van der Waals surface area contributed by atoms with Crippen LogP contribution in [-0.4, -0.2) is 45.2 Å². The molecule has 2 aromatic heterocycles. The fourth-order valence-electron chi connectivity index (χ4n) is 2.41. The predicted octanol–water partition coefficient (Wildman–Crippen LogP) is 2.34. The molecule has 124 valence electrons. The van der Waals surface area contributed by atoms with Gasteiger partial charge in [0.2, 0.25) is 5.82 Å². The Morgan fingerprint density at radius 1 is 1.26 bits per heavy atom. The number of hydrogen-bond donors (Lipinski definition) is 1. The summed E-state index contributed by atoms with van der Waals surface area (Å²) < 4.78 is 1.68. The van der Waals surface area contributed by atoms with Crippen molar-refractivity contribution in [3.05, 3.63) is 35.9 Å². The zero-order valence-corrected chi connectivity index (χ0v) is 14.2. The van der Waals surface area contributed by atoms with Gasteiger partial charge in [0.15, 0.2) is 5.69 Å². The van der Waals surface area contributed by atoms with Crippen LogP contribution in [0.5, 0.6) is 0 Å². The third-order valence-electron chi connectivity index (χ3n) is 3.99. The lowest BCUT2D eigenvalue weighted by molar-refractivity contribution is 0.0769. The molecule has 0 spiro atoms. The van der Waals surface area contributed by atoms with E-state index in [1.165, 1.54) is 0 Å². The molecule has 0 aliphatic rings. The Morgan fingerprint density at radius 2 is 1.96 bits per heavy atom. The molecule has 0 aromatic carbocycles. The van der Waals surface area contributed by atoms with Gasteiger partial charge in [0.25, 0.3) is 11.8 Å². The monoisotopic (exact) mass is 316 g/mol. The molecule has 1 atom stereocenters. The molecule has 0 radical (unpaired) electrons. The minimum atomic E-state index is -0.265. The lowest BCUT2D eigenvalue weighted by Gasteiger charge is -2.17. The van der Waals surface area contributed by atoms with Crippen molar-refractivity contribution >= 4 is 17.3 Å². The van der Waals surface area contributed by atoms with E-state index in [0.717, 1.165) is 6.42 Å². The molecular formula is C17H24N4O2. The third kappa shape index (κ3) is 3.36.